The number of nitrogens with zero attached hydrogens (tertiary/aromatic N) is 1. The van der Waals surface area contributed by atoms with E-state index in [0.717, 1.165) is 32.4 Å². The minimum absolute atomic E-state index is 0.00826. The average Bonchev–Trinajstić information content (AvgIpc) is 3.14. The van der Waals surface area contributed by atoms with Gasteiger partial charge in [-0.3, -0.25) is 9.69 Å². The second-order valence-corrected chi connectivity index (χ2v) is 6.07. The van der Waals surface area contributed by atoms with Crippen molar-refractivity contribution in [3.63, 3.8) is 0 Å². The van der Waals surface area contributed by atoms with Gasteiger partial charge >= 0.3 is 5.97 Å². The highest BCUT2D eigenvalue weighted by Crippen LogP contribution is 2.34. The van der Waals surface area contributed by atoms with E-state index in [0.29, 0.717) is 12.5 Å². The third-order valence-corrected chi connectivity index (χ3v) is 4.94. The van der Waals surface area contributed by atoms with E-state index in [1.807, 2.05) is 0 Å². The first-order chi connectivity index (χ1) is 10.3. The molecule has 21 heavy (non-hydrogen) atoms. The SMILES string of the molecule is O=C1OCC[C@H]1N1CCC(c2c[nH]c3ccccc23)CC1. The standard InChI is InChI=1S/C17H20N2O2/c20-17-16(7-10-21-17)19-8-5-12(6-9-19)14-11-18-15-4-2-1-3-13(14)15/h1-4,11-12,16,18H,5-10H2/t16-/m1/s1. The number of carbonyl (C=O) groups is 1. The fourth-order valence-electron chi connectivity index (χ4n) is 3.77. The molecule has 0 spiro atoms. The summed E-state index contributed by atoms with van der Waals surface area (Å²) in [6, 6.07) is 8.50. The summed E-state index contributed by atoms with van der Waals surface area (Å²) in [4.78, 5) is 17.4. The number of piperidine rings is 1. The fourth-order valence-corrected chi connectivity index (χ4v) is 3.77. The van der Waals surface area contributed by atoms with Crippen LogP contribution < -0.4 is 0 Å². The van der Waals surface area contributed by atoms with Crippen molar-refractivity contribution in [1.82, 2.24) is 9.88 Å². The molecule has 4 heteroatoms. The van der Waals surface area contributed by atoms with Crippen molar-refractivity contribution in [3.8, 4) is 0 Å². The summed E-state index contributed by atoms with van der Waals surface area (Å²) < 4.78 is 5.09. The number of hydrogen-bond acceptors (Lipinski definition) is 3. The molecule has 0 bridgehead atoms. The van der Waals surface area contributed by atoms with Crippen LogP contribution in [0, 0.1) is 0 Å². The minimum Gasteiger partial charge on any atom is -0.464 e. The van der Waals surface area contributed by atoms with Gasteiger partial charge in [0.25, 0.3) is 0 Å². The number of cyclic esters (lactones) is 1. The van der Waals surface area contributed by atoms with Crippen LogP contribution in [0.2, 0.25) is 0 Å². The van der Waals surface area contributed by atoms with Crippen molar-refractivity contribution in [2.75, 3.05) is 19.7 Å². The zero-order valence-corrected chi connectivity index (χ0v) is 12.0. The number of likely N-dealkylation sites (tertiary alicyclic amines) is 1. The summed E-state index contributed by atoms with van der Waals surface area (Å²) >= 11 is 0. The number of hydrogen-bond donors (Lipinski definition) is 1. The normalized spacial score (nSPS) is 24.6. The Balaban J connectivity index is 1.49. The minimum atomic E-state index is -0.0273. The van der Waals surface area contributed by atoms with Crippen LogP contribution in [0.25, 0.3) is 10.9 Å². The molecule has 1 atom stereocenters. The molecule has 1 aromatic heterocycles. The number of rotatable bonds is 2. The Morgan fingerprint density at radius 1 is 1.14 bits per heavy atom. The quantitative estimate of drug-likeness (QED) is 0.862. The van der Waals surface area contributed by atoms with Gasteiger partial charge in [-0.25, -0.2) is 0 Å². The molecule has 3 heterocycles. The number of aromatic amines is 1. The summed E-state index contributed by atoms with van der Waals surface area (Å²) in [6.07, 6.45) is 5.25. The summed E-state index contributed by atoms with van der Waals surface area (Å²) in [6.45, 7) is 2.57. The molecule has 1 N–H and O–H groups in total. The molecule has 0 radical (unpaired) electrons. The van der Waals surface area contributed by atoms with Crippen LogP contribution >= 0.6 is 0 Å². The van der Waals surface area contributed by atoms with Crippen LogP contribution in [0.5, 0.6) is 0 Å². The highest BCUT2D eigenvalue weighted by molar-refractivity contribution is 5.83. The third kappa shape index (κ3) is 2.23. The number of para-hydroxylation sites is 1. The first-order valence-corrected chi connectivity index (χ1v) is 7.79. The van der Waals surface area contributed by atoms with Gasteiger partial charge in [0.1, 0.15) is 6.04 Å². The lowest BCUT2D eigenvalue weighted by molar-refractivity contribution is -0.142. The van der Waals surface area contributed by atoms with E-state index < -0.39 is 0 Å². The van der Waals surface area contributed by atoms with Gasteiger partial charge in [-0.15, -0.1) is 0 Å². The molecule has 2 aromatic rings. The Kier molecular flexibility index (Phi) is 3.19. The predicted molar refractivity (Wildman–Crippen MR) is 81.2 cm³/mol. The van der Waals surface area contributed by atoms with E-state index in [9.17, 15) is 4.79 Å². The lowest BCUT2D eigenvalue weighted by atomic mass is 9.88. The van der Waals surface area contributed by atoms with E-state index in [1.54, 1.807) is 0 Å². The molecule has 1 aromatic carbocycles. The first-order valence-electron chi connectivity index (χ1n) is 7.79. The third-order valence-electron chi connectivity index (χ3n) is 4.94. The fraction of sp³-hybridized carbons (Fsp3) is 0.471. The predicted octanol–water partition coefficient (Wildman–Crippen LogP) is 2.66. The highest BCUT2D eigenvalue weighted by Gasteiger charge is 2.34. The summed E-state index contributed by atoms with van der Waals surface area (Å²) in [5, 5.41) is 1.34. The van der Waals surface area contributed by atoms with Gasteiger partial charge in [0.2, 0.25) is 0 Å². The topological polar surface area (TPSA) is 45.3 Å². The van der Waals surface area contributed by atoms with Crippen molar-refractivity contribution in [1.29, 1.82) is 0 Å². The maximum atomic E-state index is 11.7. The van der Waals surface area contributed by atoms with Gasteiger partial charge < -0.3 is 9.72 Å². The Morgan fingerprint density at radius 2 is 1.95 bits per heavy atom. The number of benzene rings is 1. The lowest BCUT2D eigenvalue weighted by Crippen LogP contribution is -2.43. The largest absolute Gasteiger partial charge is 0.464 e. The highest BCUT2D eigenvalue weighted by atomic mass is 16.5. The van der Waals surface area contributed by atoms with Crippen LogP contribution in [-0.4, -0.2) is 41.6 Å². The molecule has 2 saturated heterocycles. The Labute approximate surface area is 124 Å². The van der Waals surface area contributed by atoms with Gasteiger partial charge in [0.15, 0.2) is 0 Å². The summed E-state index contributed by atoms with van der Waals surface area (Å²) in [5.74, 6) is 0.565. The number of carbonyl (C=O) groups excluding carboxylic acids is 1. The Morgan fingerprint density at radius 3 is 2.71 bits per heavy atom. The molecule has 0 saturated carbocycles. The maximum absolute atomic E-state index is 11.7. The second kappa shape index (κ2) is 5.19. The van der Waals surface area contributed by atoms with Gasteiger partial charge in [-0.2, -0.15) is 0 Å². The molecule has 110 valence electrons. The van der Waals surface area contributed by atoms with E-state index >= 15 is 0 Å². The number of nitrogens with one attached hydrogen (secondary N) is 1. The number of H-pyrrole nitrogens is 1. The van der Waals surface area contributed by atoms with E-state index in [2.05, 4.69) is 40.3 Å². The zero-order chi connectivity index (χ0) is 14.2. The average molecular weight is 284 g/mol. The van der Waals surface area contributed by atoms with Crippen LogP contribution in [0.4, 0.5) is 0 Å². The molecule has 2 aliphatic rings. The van der Waals surface area contributed by atoms with E-state index in [-0.39, 0.29) is 12.0 Å². The Hall–Kier alpha value is -1.81. The van der Waals surface area contributed by atoms with Crippen LogP contribution in [0.1, 0.15) is 30.7 Å². The number of aromatic nitrogens is 1. The molecular weight excluding hydrogens is 264 g/mol. The number of ether oxygens (including phenoxy) is 1. The summed E-state index contributed by atoms with van der Waals surface area (Å²) in [5.41, 5.74) is 2.65. The molecule has 0 aliphatic carbocycles. The maximum Gasteiger partial charge on any atom is 0.323 e. The molecular formula is C17H20N2O2. The van der Waals surface area contributed by atoms with Crippen LogP contribution in [0.15, 0.2) is 30.5 Å². The van der Waals surface area contributed by atoms with E-state index in [4.69, 9.17) is 4.74 Å². The zero-order valence-electron chi connectivity index (χ0n) is 12.0. The van der Waals surface area contributed by atoms with Gasteiger partial charge in [0.05, 0.1) is 6.61 Å². The van der Waals surface area contributed by atoms with Crippen LogP contribution in [0.3, 0.4) is 0 Å². The first kappa shape index (κ1) is 12.9. The molecule has 0 unspecified atom stereocenters. The number of esters is 1. The number of fused-ring (bicyclic) bond motifs is 1. The van der Waals surface area contributed by atoms with E-state index in [1.165, 1.54) is 16.5 Å². The van der Waals surface area contributed by atoms with Crippen LogP contribution in [-0.2, 0) is 9.53 Å². The monoisotopic (exact) mass is 284 g/mol. The molecule has 0 amide bonds. The Bertz CT molecular complexity index is 656. The second-order valence-electron chi connectivity index (χ2n) is 6.07. The molecule has 2 fully saturated rings. The van der Waals surface area contributed by atoms with Crippen molar-refractivity contribution in [3.05, 3.63) is 36.0 Å². The van der Waals surface area contributed by atoms with Gasteiger partial charge in [-0.1, -0.05) is 18.2 Å². The van der Waals surface area contributed by atoms with Crippen molar-refractivity contribution in [2.45, 2.75) is 31.2 Å². The summed E-state index contributed by atoms with van der Waals surface area (Å²) in [7, 11) is 0. The molecule has 2 aliphatic heterocycles. The molecule has 4 nitrogen and oxygen atoms in total. The smallest absolute Gasteiger partial charge is 0.323 e. The molecule has 4 rings (SSSR count). The van der Waals surface area contributed by atoms with Crippen molar-refractivity contribution < 1.29 is 9.53 Å². The van der Waals surface area contributed by atoms with Crippen molar-refractivity contribution >= 4 is 16.9 Å². The lowest BCUT2D eigenvalue weighted by Gasteiger charge is -2.34. The van der Waals surface area contributed by atoms with Crippen molar-refractivity contribution in [2.24, 2.45) is 0 Å². The van der Waals surface area contributed by atoms with Gasteiger partial charge in [-0.05, 0) is 43.5 Å². The van der Waals surface area contributed by atoms with Gasteiger partial charge in [0, 0.05) is 23.5 Å².